The van der Waals surface area contributed by atoms with Gasteiger partial charge >= 0.3 is 5.97 Å². The van der Waals surface area contributed by atoms with Gasteiger partial charge in [-0.3, -0.25) is 4.68 Å². The van der Waals surface area contributed by atoms with Crippen molar-refractivity contribution in [3.63, 3.8) is 0 Å². The number of aromatic nitrogens is 2. The van der Waals surface area contributed by atoms with E-state index in [1.807, 2.05) is 41.5 Å². The summed E-state index contributed by atoms with van der Waals surface area (Å²) < 4.78 is 6.13. The molecule has 0 atom stereocenters. The highest BCUT2D eigenvalue weighted by Gasteiger charge is 2.16. The molecular weight excluding hydrogens is 266 g/mol. The summed E-state index contributed by atoms with van der Waals surface area (Å²) in [6.45, 7) is 18.3. The first-order valence-electron chi connectivity index (χ1n) is 7.72. The molecular formula is C16H35N3O2. The smallest absolute Gasteiger partial charge is 0.356 e. The Bertz CT molecular complexity index is 356. The molecule has 126 valence electrons. The molecule has 0 fully saturated rings. The number of ether oxygens (including phenoxy) is 1. The first-order chi connectivity index (χ1) is 9.79. The van der Waals surface area contributed by atoms with Gasteiger partial charge in [-0.25, -0.2) is 4.79 Å². The van der Waals surface area contributed by atoms with Crippen molar-refractivity contribution >= 4 is 11.8 Å². The second kappa shape index (κ2) is 14.9. The molecule has 1 aromatic rings. The van der Waals surface area contributed by atoms with Crippen molar-refractivity contribution in [1.29, 1.82) is 0 Å². The molecule has 5 nitrogen and oxygen atoms in total. The van der Waals surface area contributed by atoms with Crippen LogP contribution in [0.5, 0.6) is 0 Å². The van der Waals surface area contributed by atoms with E-state index in [0.717, 1.165) is 5.92 Å². The fourth-order valence-corrected chi connectivity index (χ4v) is 1.06. The van der Waals surface area contributed by atoms with E-state index in [9.17, 15) is 4.79 Å². The second-order valence-electron chi connectivity index (χ2n) is 4.72. The Morgan fingerprint density at radius 3 is 1.81 bits per heavy atom. The molecule has 0 unspecified atom stereocenters. The van der Waals surface area contributed by atoms with Crippen molar-refractivity contribution in [3.8, 4) is 0 Å². The molecule has 1 aromatic heterocycles. The van der Waals surface area contributed by atoms with Crippen LogP contribution in [0, 0.1) is 5.92 Å². The number of anilines is 1. The van der Waals surface area contributed by atoms with E-state index in [2.05, 4.69) is 30.6 Å². The summed E-state index contributed by atoms with van der Waals surface area (Å²) in [4.78, 5) is 11.2. The molecule has 0 aromatic carbocycles. The highest BCUT2D eigenvalue weighted by Crippen LogP contribution is 2.13. The number of nitrogens with zero attached hydrogens (tertiary/aromatic N) is 2. The van der Waals surface area contributed by atoms with Crippen molar-refractivity contribution < 1.29 is 9.53 Å². The van der Waals surface area contributed by atoms with Crippen LogP contribution < -0.4 is 5.73 Å². The Morgan fingerprint density at radius 2 is 1.52 bits per heavy atom. The van der Waals surface area contributed by atoms with Gasteiger partial charge in [0.15, 0.2) is 0 Å². The number of hydrogen-bond donors (Lipinski definition) is 1. The summed E-state index contributed by atoms with van der Waals surface area (Å²) in [7, 11) is 1.33. The van der Waals surface area contributed by atoms with Gasteiger partial charge in [-0.05, 0) is 19.8 Å². The van der Waals surface area contributed by atoms with Crippen molar-refractivity contribution in [2.75, 3.05) is 12.8 Å². The summed E-state index contributed by atoms with van der Waals surface area (Å²) in [6, 6.07) is 1.60. The van der Waals surface area contributed by atoms with Gasteiger partial charge in [0.05, 0.1) is 7.11 Å². The average molecular weight is 301 g/mol. The van der Waals surface area contributed by atoms with Crippen LogP contribution in [0.3, 0.4) is 0 Å². The quantitative estimate of drug-likeness (QED) is 0.814. The van der Waals surface area contributed by atoms with Gasteiger partial charge in [0.1, 0.15) is 11.5 Å². The van der Waals surface area contributed by atoms with Crippen LogP contribution in [0.4, 0.5) is 5.82 Å². The van der Waals surface area contributed by atoms with Gasteiger partial charge < -0.3 is 10.5 Å². The van der Waals surface area contributed by atoms with Crippen molar-refractivity contribution in [2.45, 2.75) is 68.4 Å². The van der Waals surface area contributed by atoms with Crippen molar-refractivity contribution in [3.05, 3.63) is 11.8 Å². The van der Waals surface area contributed by atoms with Gasteiger partial charge in [-0.1, -0.05) is 48.5 Å². The zero-order valence-electron chi connectivity index (χ0n) is 15.5. The Labute approximate surface area is 130 Å². The van der Waals surface area contributed by atoms with Crippen LogP contribution in [0.2, 0.25) is 0 Å². The summed E-state index contributed by atoms with van der Waals surface area (Å²) in [5.74, 6) is 0.743. The molecule has 0 radical (unpaired) electrons. The highest BCUT2D eigenvalue weighted by molar-refractivity contribution is 5.88. The number of methoxy groups -OCH3 is 1. The molecule has 0 aliphatic rings. The molecule has 0 saturated heterocycles. The van der Waals surface area contributed by atoms with E-state index in [4.69, 9.17) is 5.73 Å². The van der Waals surface area contributed by atoms with Crippen LogP contribution in [0.1, 0.15) is 78.8 Å². The van der Waals surface area contributed by atoms with Crippen molar-refractivity contribution in [1.82, 2.24) is 9.78 Å². The van der Waals surface area contributed by atoms with Crippen LogP contribution in [-0.2, 0) is 4.74 Å². The van der Waals surface area contributed by atoms with Gasteiger partial charge in [0.2, 0.25) is 0 Å². The van der Waals surface area contributed by atoms with Crippen LogP contribution >= 0.6 is 0 Å². The van der Waals surface area contributed by atoms with E-state index >= 15 is 0 Å². The topological polar surface area (TPSA) is 70.1 Å². The molecule has 0 saturated carbocycles. The lowest BCUT2D eigenvalue weighted by Gasteiger charge is -2.08. The Hall–Kier alpha value is -1.52. The van der Waals surface area contributed by atoms with E-state index in [-0.39, 0.29) is 6.04 Å². The average Bonchev–Trinajstić information content (AvgIpc) is 2.84. The Morgan fingerprint density at radius 1 is 1.14 bits per heavy atom. The minimum absolute atomic E-state index is 0.0893. The maximum atomic E-state index is 11.2. The van der Waals surface area contributed by atoms with E-state index in [1.54, 1.807) is 4.68 Å². The normalized spacial score (nSPS) is 8.76. The van der Waals surface area contributed by atoms with Gasteiger partial charge in [-0.2, -0.15) is 5.10 Å². The third kappa shape index (κ3) is 12.0. The summed E-state index contributed by atoms with van der Waals surface area (Å²) >= 11 is 0. The third-order valence-electron chi connectivity index (χ3n) is 1.64. The fourth-order valence-electron chi connectivity index (χ4n) is 1.06. The molecule has 1 rings (SSSR count). The standard InChI is InChI=1S/C8H13N3O2.C4H10.2C2H6/c1-5(2)11-6(8(12)13-3)4-7(9)10-11;1-4(2)3;2*1-2/h4-5H,1-3H3,(H2,9,10);4H,1-3H3;2*1-2H3. The van der Waals surface area contributed by atoms with Gasteiger partial charge in [0, 0.05) is 12.1 Å². The first-order valence-corrected chi connectivity index (χ1v) is 7.72. The van der Waals surface area contributed by atoms with E-state index < -0.39 is 5.97 Å². The maximum Gasteiger partial charge on any atom is 0.356 e. The molecule has 0 spiro atoms. The summed E-state index contributed by atoms with van der Waals surface area (Å²) in [5, 5.41) is 3.97. The lowest BCUT2D eigenvalue weighted by Crippen LogP contribution is -2.13. The van der Waals surface area contributed by atoms with E-state index in [1.165, 1.54) is 13.2 Å². The monoisotopic (exact) mass is 301 g/mol. The molecule has 5 heteroatoms. The lowest BCUT2D eigenvalue weighted by atomic mass is 10.3. The zero-order chi connectivity index (χ0) is 17.6. The predicted octanol–water partition coefficient (Wildman–Crippen LogP) is 4.55. The number of carbonyl (C=O) groups is 1. The minimum atomic E-state index is -0.419. The van der Waals surface area contributed by atoms with Gasteiger partial charge in [-0.15, -0.1) is 0 Å². The molecule has 0 aliphatic heterocycles. The van der Waals surface area contributed by atoms with Crippen LogP contribution in [-0.4, -0.2) is 22.9 Å². The number of nitrogen functional groups attached to an aromatic ring is 1. The molecule has 21 heavy (non-hydrogen) atoms. The highest BCUT2D eigenvalue weighted by atomic mass is 16.5. The number of nitrogens with two attached hydrogens (primary N) is 1. The number of esters is 1. The summed E-state index contributed by atoms with van der Waals surface area (Å²) in [5.41, 5.74) is 5.85. The van der Waals surface area contributed by atoms with E-state index in [0.29, 0.717) is 11.5 Å². The minimum Gasteiger partial charge on any atom is -0.464 e. The predicted molar refractivity (Wildman–Crippen MR) is 91.6 cm³/mol. The Kier molecular flexibility index (Phi) is 17.4. The Balaban J connectivity index is -0.000000343. The first kappa shape index (κ1) is 24.5. The largest absolute Gasteiger partial charge is 0.464 e. The molecule has 0 aliphatic carbocycles. The SMILES string of the molecule is CC.CC.CC(C)C.COC(=O)c1cc(N)nn1C(C)C. The molecule has 0 bridgehead atoms. The van der Waals surface area contributed by atoms with Crippen LogP contribution in [0.15, 0.2) is 6.07 Å². The molecule has 2 N–H and O–H groups in total. The lowest BCUT2D eigenvalue weighted by molar-refractivity contribution is 0.0584. The third-order valence-corrected chi connectivity index (χ3v) is 1.64. The number of carbonyl (C=O) groups excluding carboxylic acids is 1. The number of hydrogen-bond acceptors (Lipinski definition) is 4. The number of rotatable bonds is 2. The maximum absolute atomic E-state index is 11.2. The second-order valence-corrected chi connectivity index (χ2v) is 4.72. The molecule has 1 heterocycles. The summed E-state index contributed by atoms with van der Waals surface area (Å²) in [6.07, 6.45) is 0. The van der Waals surface area contributed by atoms with Crippen LogP contribution in [0.25, 0.3) is 0 Å². The van der Waals surface area contributed by atoms with Crippen molar-refractivity contribution in [2.24, 2.45) is 5.92 Å². The zero-order valence-corrected chi connectivity index (χ0v) is 15.5. The van der Waals surface area contributed by atoms with Gasteiger partial charge in [0.25, 0.3) is 0 Å². The molecule has 0 amide bonds. The fraction of sp³-hybridized carbons (Fsp3) is 0.750.